The molecule has 0 atom stereocenters. The topological polar surface area (TPSA) is 29.1 Å². The van der Waals surface area contributed by atoms with Crippen molar-refractivity contribution in [1.29, 1.82) is 0 Å². The number of nitrogens with one attached hydrogen (secondary N) is 1. The predicted octanol–water partition coefficient (Wildman–Crippen LogP) is 6.13. The number of alkyl halides is 13. The van der Waals surface area contributed by atoms with Crippen molar-refractivity contribution in [2.24, 2.45) is 0 Å². The molecule has 0 aliphatic rings. The molecule has 1 N–H and O–H groups in total. The van der Waals surface area contributed by atoms with E-state index in [0.717, 1.165) is 23.5 Å². The maximum Gasteiger partial charge on any atom is 0.460 e. The lowest BCUT2D eigenvalue weighted by Gasteiger charge is -2.39. The summed E-state index contributed by atoms with van der Waals surface area (Å²) in [4.78, 5) is 11.3. The fourth-order valence-electron chi connectivity index (χ4n) is 1.69. The van der Waals surface area contributed by atoms with Gasteiger partial charge in [-0.1, -0.05) is 22.0 Å². The Morgan fingerprint density at radius 1 is 0.724 bits per heavy atom. The van der Waals surface area contributed by atoms with E-state index in [-0.39, 0.29) is 4.47 Å². The normalized spacial score (nSPS) is 14.7. The van der Waals surface area contributed by atoms with Gasteiger partial charge in [-0.15, -0.1) is 0 Å². The number of anilines is 1. The predicted molar refractivity (Wildman–Crippen MR) is 73.6 cm³/mol. The van der Waals surface area contributed by atoms with Crippen molar-refractivity contribution < 1.29 is 61.9 Å². The van der Waals surface area contributed by atoms with Crippen LogP contribution in [0.5, 0.6) is 0 Å². The van der Waals surface area contributed by atoms with Gasteiger partial charge in [0, 0.05) is 10.2 Å². The highest BCUT2D eigenvalue weighted by molar-refractivity contribution is 9.10. The van der Waals surface area contributed by atoms with Crippen LogP contribution in [0.25, 0.3) is 0 Å². The second-order valence-electron chi connectivity index (χ2n) is 5.33. The van der Waals surface area contributed by atoms with Gasteiger partial charge in [0.2, 0.25) is 0 Å². The van der Waals surface area contributed by atoms with Crippen LogP contribution in [-0.2, 0) is 4.79 Å². The zero-order valence-electron chi connectivity index (χ0n) is 13.0. The Hall–Kier alpha value is -1.74. The van der Waals surface area contributed by atoms with Gasteiger partial charge in [-0.2, -0.15) is 57.1 Å². The molecule has 1 amide bonds. The summed E-state index contributed by atoms with van der Waals surface area (Å²) >= 11 is 2.74. The average Bonchev–Trinajstić information content (AvgIpc) is 2.52. The third kappa shape index (κ3) is 3.86. The highest BCUT2D eigenvalue weighted by Crippen LogP contribution is 2.60. The second kappa shape index (κ2) is 7.19. The molecule has 0 bridgehead atoms. The highest BCUT2D eigenvalue weighted by Gasteiger charge is 2.91. The lowest BCUT2D eigenvalue weighted by atomic mass is 9.93. The van der Waals surface area contributed by atoms with E-state index < -0.39 is 47.4 Å². The molecular formula is C13H5BrF13NO. The molecule has 1 aromatic carbocycles. The van der Waals surface area contributed by atoms with Crippen LogP contribution < -0.4 is 5.32 Å². The summed E-state index contributed by atoms with van der Waals surface area (Å²) in [6.45, 7) is 0. The summed E-state index contributed by atoms with van der Waals surface area (Å²) in [5.41, 5.74) is -0.754. The SMILES string of the molecule is O=C(Nc1cccc(Br)c1)C(F)(F)C(F)(F)C(F)(F)C(F)(F)C(F)(F)C(F)(F)F. The standard InChI is InChI=1S/C13H5BrF13NO/c14-5-2-1-3-6(4-5)28-7(29)8(15,16)9(17,18)10(19,20)11(21,22)12(23,24)13(25,26)27/h1-4H,(H,28,29). The second-order valence-corrected chi connectivity index (χ2v) is 6.25. The number of halogens is 14. The van der Waals surface area contributed by atoms with Crippen molar-refractivity contribution in [2.75, 3.05) is 5.32 Å². The zero-order chi connectivity index (χ0) is 23.3. The Morgan fingerprint density at radius 3 is 1.59 bits per heavy atom. The van der Waals surface area contributed by atoms with E-state index >= 15 is 0 Å². The van der Waals surface area contributed by atoms with E-state index in [4.69, 9.17) is 0 Å². The van der Waals surface area contributed by atoms with Crippen LogP contribution >= 0.6 is 15.9 Å². The Morgan fingerprint density at radius 2 is 1.17 bits per heavy atom. The monoisotopic (exact) mass is 517 g/mol. The maximum atomic E-state index is 13.6. The zero-order valence-corrected chi connectivity index (χ0v) is 14.6. The van der Waals surface area contributed by atoms with Crippen molar-refractivity contribution in [2.45, 2.75) is 35.8 Å². The van der Waals surface area contributed by atoms with Gasteiger partial charge in [-0.05, 0) is 18.2 Å². The molecule has 29 heavy (non-hydrogen) atoms. The Balaban J connectivity index is 3.39. The maximum absolute atomic E-state index is 13.6. The first-order valence-corrected chi connectivity index (χ1v) is 7.46. The lowest BCUT2D eigenvalue weighted by molar-refractivity contribution is -0.435. The summed E-state index contributed by atoms with van der Waals surface area (Å²) in [6.07, 6.45) is -7.51. The number of carbonyl (C=O) groups excluding carboxylic acids is 1. The van der Waals surface area contributed by atoms with Crippen molar-refractivity contribution in [3.63, 3.8) is 0 Å². The van der Waals surface area contributed by atoms with Gasteiger partial charge in [-0.25, -0.2) is 0 Å². The molecule has 0 aromatic heterocycles. The van der Waals surface area contributed by atoms with Crippen molar-refractivity contribution in [3.05, 3.63) is 28.7 Å². The van der Waals surface area contributed by atoms with E-state index in [1.807, 2.05) is 0 Å². The third-order valence-corrected chi connectivity index (χ3v) is 3.79. The van der Waals surface area contributed by atoms with Gasteiger partial charge in [0.1, 0.15) is 0 Å². The quantitative estimate of drug-likeness (QED) is 0.452. The van der Waals surface area contributed by atoms with E-state index in [9.17, 15) is 61.9 Å². The summed E-state index contributed by atoms with van der Waals surface area (Å²) in [6, 6.07) is 3.75. The van der Waals surface area contributed by atoms with Crippen molar-refractivity contribution in [1.82, 2.24) is 0 Å². The first kappa shape index (κ1) is 25.3. The number of hydrogen-bond acceptors (Lipinski definition) is 1. The molecule has 0 heterocycles. The first-order chi connectivity index (χ1) is 12.6. The third-order valence-electron chi connectivity index (χ3n) is 3.30. The first-order valence-electron chi connectivity index (χ1n) is 6.67. The van der Waals surface area contributed by atoms with Gasteiger partial charge in [-0.3, -0.25) is 4.79 Å². The van der Waals surface area contributed by atoms with Crippen LogP contribution in [0, 0.1) is 0 Å². The summed E-state index contributed by atoms with van der Waals surface area (Å²) in [5, 5.41) is 0.935. The van der Waals surface area contributed by atoms with Gasteiger partial charge < -0.3 is 5.32 Å². The summed E-state index contributed by atoms with van der Waals surface area (Å²) in [7, 11) is 0. The average molecular weight is 518 g/mol. The molecule has 0 aliphatic carbocycles. The Bertz CT molecular complexity index is 774. The molecule has 1 aromatic rings. The molecule has 0 saturated carbocycles. The van der Waals surface area contributed by atoms with Crippen molar-refractivity contribution >= 4 is 27.5 Å². The van der Waals surface area contributed by atoms with Crippen LogP contribution in [-0.4, -0.2) is 41.7 Å². The largest absolute Gasteiger partial charge is 0.460 e. The molecule has 0 fully saturated rings. The minimum atomic E-state index is -8.05. The lowest BCUT2D eigenvalue weighted by Crippen LogP contribution is -2.71. The molecule has 0 spiro atoms. The summed E-state index contributed by atoms with van der Waals surface area (Å²) < 4.78 is 168. The molecule has 0 saturated heterocycles. The van der Waals surface area contributed by atoms with Crippen LogP contribution in [0.3, 0.4) is 0 Å². The molecule has 2 nitrogen and oxygen atoms in total. The fourth-order valence-corrected chi connectivity index (χ4v) is 2.09. The van der Waals surface area contributed by atoms with Crippen LogP contribution in [0.4, 0.5) is 62.8 Å². The minimum Gasteiger partial charge on any atom is -0.321 e. The van der Waals surface area contributed by atoms with Crippen molar-refractivity contribution in [3.8, 4) is 0 Å². The number of amides is 1. The molecule has 16 heteroatoms. The van der Waals surface area contributed by atoms with Crippen LogP contribution in [0.2, 0.25) is 0 Å². The van der Waals surface area contributed by atoms with Crippen LogP contribution in [0.15, 0.2) is 28.7 Å². The minimum absolute atomic E-state index is 0.0343. The smallest absolute Gasteiger partial charge is 0.321 e. The number of hydrogen-bond donors (Lipinski definition) is 1. The molecule has 0 radical (unpaired) electrons. The summed E-state index contributed by atoms with van der Waals surface area (Å²) in [5.74, 6) is -41.8. The van der Waals surface area contributed by atoms with Gasteiger partial charge in [0.15, 0.2) is 0 Å². The molecule has 0 aliphatic heterocycles. The van der Waals surface area contributed by atoms with E-state index in [1.165, 1.54) is 6.07 Å². The number of carbonyl (C=O) groups is 1. The Kier molecular flexibility index (Phi) is 6.28. The fraction of sp³-hybridized carbons (Fsp3) is 0.462. The van der Waals surface area contributed by atoms with E-state index in [1.54, 1.807) is 0 Å². The molecule has 166 valence electrons. The van der Waals surface area contributed by atoms with E-state index in [0.29, 0.717) is 0 Å². The van der Waals surface area contributed by atoms with E-state index in [2.05, 4.69) is 15.9 Å². The number of rotatable bonds is 6. The van der Waals surface area contributed by atoms with Gasteiger partial charge in [0.25, 0.3) is 0 Å². The van der Waals surface area contributed by atoms with Gasteiger partial charge in [0.05, 0.1) is 0 Å². The highest BCUT2D eigenvalue weighted by atomic mass is 79.9. The molecule has 1 rings (SSSR count). The Labute approximate surface area is 160 Å². The van der Waals surface area contributed by atoms with Crippen LogP contribution in [0.1, 0.15) is 0 Å². The molecule has 0 unspecified atom stereocenters. The van der Waals surface area contributed by atoms with Gasteiger partial charge >= 0.3 is 41.7 Å². The number of benzene rings is 1. The molecular weight excluding hydrogens is 513 g/mol.